The summed E-state index contributed by atoms with van der Waals surface area (Å²) in [4.78, 5) is 10.4. The Hall–Kier alpha value is -1.92. The molecule has 3 rings (SSSR count). The topological polar surface area (TPSA) is 64.3 Å². The Kier molecular flexibility index (Phi) is 4.63. The normalized spacial score (nSPS) is 18.7. The van der Waals surface area contributed by atoms with E-state index < -0.39 is 0 Å². The SMILES string of the molecule is Cc1cc(N2CCCOC[C@H]2c2c(F)cccc2Cl)nc(N)n1. The van der Waals surface area contributed by atoms with Crippen LogP contribution in [0.4, 0.5) is 16.2 Å². The summed E-state index contributed by atoms with van der Waals surface area (Å²) >= 11 is 6.25. The van der Waals surface area contributed by atoms with Crippen LogP contribution in [0.3, 0.4) is 0 Å². The fourth-order valence-electron chi connectivity index (χ4n) is 2.84. The fourth-order valence-corrected chi connectivity index (χ4v) is 3.13. The zero-order chi connectivity index (χ0) is 16.4. The lowest BCUT2D eigenvalue weighted by Gasteiger charge is -2.31. The lowest BCUT2D eigenvalue weighted by Crippen LogP contribution is -2.32. The van der Waals surface area contributed by atoms with Gasteiger partial charge in [-0.1, -0.05) is 17.7 Å². The van der Waals surface area contributed by atoms with Gasteiger partial charge in [-0.3, -0.25) is 0 Å². The zero-order valence-electron chi connectivity index (χ0n) is 12.8. The molecule has 1 aliphatic rings. The van der Waals surface area contributed by atoms with Gasteiger partial charge in [-0.15, -0.1) is 0 Å². The first-order valence-corrected chi connectivity index (χ1v) is 7.83. The molecule has 0 saturated carbocycles. The molecular formula is C16H18ClFN4O. The Morgan fingerprint density at radius 2 is 2.22 bits per heavy atom. The molecule has 1 aromatic carbocycles. The number of nitrogens with zero attached hydrogens (tertiary/aromatic N) is 3. The molecule has 0 bridgehead atoms. The van der Waals surface area contributed by atoms with E-state index >= 15 is 0 Å². The first-order valence-electron chi connectivity index (χ1n) is 7.45. The monoisotopic (exact) mass is 336 g/mol. The summed E-state index contributed by atoms with van der Waals surface area (Å²) in [6.45, 7) is 3.47. The van der Waals surface area contributed by atoms with E-state index in [1.807, 2.05) is 17.9 Å². The summed E-state index contributed by atoms with van der Waals surface area (Å²) < 4.78 is 20.0. The minimum atomic E-state index is -0.361. The van der Waals surface area contributed by atoms with E-state index in [9.17, 15) is 4.39 Å². The standard InChI is InChI=1S/C16H18ClFN4O/c1-10-8-14(21-16(19)20-10)22-6-3-7-23-9-13(22)15-11(17)4-2-5-12(15)18/h2,4-5,8,13H,3,6-7,9H2,1H3,(H2,19,20,21)/t13-/m0/s1. The Morgan fingerprint density at radius 1 is 1.39 bits per heavy atom. The number of hydrogen-bond donors (Lipinski definition) is 1. The number of aryl methyl sites for hydroxylation is 1. The molecule has 1 fully saturated rings. The molecule has 122 valence electrons. The van der Waals surface area contributed by atoms with Crippen LogP contribution in [0.5, 0.6) is 0 Å². The first kappa shape index (κ1) is 16.0. The van der Waals surface area contributed by atoms with Gasteiger partial charge in [0.1, 0.15) is 11.6 Å². The summed E-state index contributed by atoms with van der Waals surface area (Å²) in [6, 6.07) is 6.16. The maximum absolute atomic E-state index is 14.4. The highest BCUT2D eigenvalue weighted by atomic mass is 35.5. The third-order valence-electron chi connectivity index (χ3n) is 3.82. The average Bonchev–Trinajstić information content (AvgIpc) is 2.72. The van der Waals surface area contributed by atoms with Crippen molar-refractivity contribution in [3.63, 3.8) is 0 Å². The minimum Gasteiger partial charge on any atom is -0.379 e. The molecule has 7 heteroatoms. The van der Waals surface area contributed by atoms with Crippen molar-refractivity contribution < 1.29 is 9.13 Å². The smallest absolute Gasteiger partial charge is 0.222 e. The van der Waals surface area contributed by atoms with Gasteiger partial charge in [0.15, 0.2) is 0 Å². The lowest BCUT2D eigenvalue weighted by atomic mass is 10.0. The molecular weight excluding hydrogens is 319 g/mol. The second-order valence-electron chi connectivity index (χ2n) is 5.50. The van der Waals surface area contributed by atoms with E-state index in [0.29, 0.717) is 36.2 Å². The molecule has 0 amide bonds. The number of nitrogen functional groups attached to an aromatic ring is 1. The summed E-state index contributed by atoms with van der Waals surface area (Å²) in [5.41, 5.74) is 6.95. The molecule has 2 aromatic rings. The second kappa shape index (κ2) is 6.68. The average molecular weight is 337 g/mol. The van der Waals surface area contributed by atoms with E-state index in [4.69, 9.17) is 22.1 Å². The number of ether oxygens (including phenoxy) is 1. The van der Waals surface area contributed by atoms with Crippen LogP contribution >= 0.6 is 11.6 Å². The molecule has 0 spiro atoms. The van der Waals surface area contributed by atoms with Crippen molar-refractivity contribution in [2.24, 2.45) is 0 Å². The summed E-state index contributed by atoms with van der Waals surface area (Å²) in [5.74, 6) is 0.505. The molecule has 0 aliphatic carbocycles. The first-order chi connectivity index (χ1) is 11.1. The van der Waals surface area contributed by atoms with Crippen LogP contribution < -0.4 is 10.6 Å². The van der Waals surface area contributed by atoms with Gasteiger partial charge in [0, 0.05) is 35.5 Å². The van der Waals surface area contributed by atoms with Crippen molar-refractivity contribution in [3.05, 3.63) is 46.4 Å². The van der Waals surface area contributed by atoms with Crippen molar-refractivity contribution >= 4 is 23.4 Å². The fraction of sp³-hybridized carbons (Fsp3) is 0.375. The second-order valence-corrected chi connectivity index (χ2v) is 5.91. The van der Waals surface area contributed by atoms with Crippen molar-refractivity contribution in [2.75, 3.05) is 30.4 Å². The third kappa shape index (κ3) is 3.38. The Balaban J connectivity index is 2.07. The van der Waals surface area contributed by atoms with Crippen molar-refractivity contribution in [2.45, 2.75) is 19.4 Å². The summed E-state index contributed by atoms with van der Waals surface area (Å²) in [7, 11) is 0. The Morgan fingerprint density at radius 3 is 2.96 bits per heavy atom. The van der Waals surface area contributed by atoms with Gasteiger partial charge in [0.2, 0.25) is 5.95 Å². The predicted octanol–water partition coefficient (Wildman–Crippen LogP) is 3.13. The minimum absolute atomic E-state index is 0.198. The van der Waals surface area contributed by atoms with Crippen molar-refractivity contribution in [1.29, 1.82) is 0 Å². The number of anilines is 2. The van der Waals surface area contributed by atoms with Gasteiger partial charge in [-0.25, -0.2) is 9.37 Å². The number of benzene rings is 1. The molecule has 0 radical (unpaired) electrons. The van der Waals surface area contributed by atoms with Gasteiger partial charge >= 0.3 is 0 Å². The summed E-state index contributed by atoms with van der Waals surface area (Å²) in [6.07, 6.45) is 0.811. The molecule has 2 heterocycles. The van der Waals surface area contributed by atoms with Gasteiger partial charge in [0.25, 0.3) is 0 Å². The van der Waals surface area contributed by atoms with Crippen LogP contribution in [-0.4, -0.2) is 29.7 Å². The Bertz CT molecular complexity index is 672. The van der Waals surface area contributed by atoms with Crippen LogP contribution in [0.2, 0.25) is 5.02 Å². The van der Waals surface area contributed by atoms with Gasteiger partial charge in [-0.2, -0.15) is 4.98 Å². The van der Waals surface area contributed by atoms with Gasteiger partial charge in [-0.05, 0) is 25.5 Å². The number of halogens is 2. The van der Waals surface area contributed by atoms with Gasteiger partial charge in [0.05, 0.1) is 12.6 Å². The predicted molar refractivity (Wildman–Crippen MR) is 88.1 cm³/mol. The van der Waals surface area contributed by atoms with Crippen LogP contribution in [0.15, 0.2) is 24.3 Å². The van der Waals surface area contributed by atoms with Crippen molar-refractivity contribution in [3.8, 4) is 0 Å². The highest BCUT2D eigenvalue weighted by Gasteiger charge is 2.29. The molecule has 1 aliphatic heterocycles. The van der Waals surface area contributed by atoms with Crippen LogP contribution in [-0.2, 0) is 4.74 Å². The molecule has 23 heavy (non-hydrogen) atoms. The van der Waals surface area contributed by atoms with Crippen LogP contribution in [0.1, 0.15) is 23.7 Å². The molecule has 1 aromatic heterocycles. The Labute approximate surface area is 139 Å². The number of rotatable bonds is 2. The van der Waals surface area contributed by atoms with E-state index in [2.05, 4.69) is 9.97 Å². The molecule has 5 nitrogen and oxygen atoms in total. The molecule has 1 saturated heterocycles. The van der Waals surface area contributed by atoms with Gasteiger partial charge < -0.3 is 15.4 Å². The number of hydrogen-bond acceptors (Lipinski definition) is 5. The highest BCUT2D eigenvalue weighted by molar-refractivity contribution is 6.31. The lowest BCUT2D eigenvalue weighted by molar-refractivity contribution is 0.133. The van der Waals surface area contributed by atoms with E-state index in [1.165, 1.54) is 6.07 Å². The maximum Gasteiger partial charge on any atom is 0.222 e. The third-order valence-corrected chi connectivity index (χ3v) is 4.15. The quantitative estimate of drug-likeness (QED) is 0.912. The van der Waals surface area contributed by atoms with E-state index in [0.717, 1.165) is 12.1 Å². The zero-order valence-corrected chi connectivity index (χ0v) is 13.6. The molecule has 0 unspecified atom stereocenters. The van der Waals surface area contributed by atoms with E-state index in [1.54, 1.807) is 12.1 Å². The summed E-state index contributed by atoms with van der Waals surface area (Å²) in [5, 5.41) is 0.379. The largest absolute Gasteiger partial charge is 0.379 e. The molecule has 1 atom stereocenters. The maximum atomic E-state index is 14.4. The number of aromatic nitrogens is 2. The van der Waals surface area contributed by atoms with E-state index in [-0.39, 0.29) is 17.8 Å². The molecule has 2 N–H and O–H groups in total. The van der Waals surface area contributed by atoms with Crippen LogP contribution in [0, 0.1) is 12.7 Å². The number of nitrogens with two attached hydrogens (primary N) is 1. The highest BCUT2D eigenvalue weighted by Crippen LogP contribution is 2.34. The van der Waals surface area contributed by atoms with Crippen LogP contribution in [0.25, 0.3) is 0 Å². The van der Waals surface area contributed by atoms with Crippen molar-refractivity contribution in [1.82, 2.24) is 9.97 Å².